The van der Waals surface area contributed by atoms with Crippen molar-refractivity contribution in [3.05, 3.63) is 22.4 Å². The molecule has 1 aliphatic heterocycles. The quantitative estimate of drug-likeness (QED) is 0.887. The molecule has 0 radical (unpaired) electrons. The van der Waals surface area contributed by atoms with Crippen molar-refractivity contribution >= 4 is 11.3 Å². The Balaban J connectivity index is 1.70. The van der Waals surface area contributed by atoms with Crippen LogP contribution in [0, 0.1) is 5.92 Å². The normalized spacial score (nSPS) is 32.6. The third-order valence-electron chi connectivity index (χ3n) is 4.83. The molecule has 0 spiro atoms. The number of piperazine rings is 1. The summed E-state index contributed by atoms with van der Waals surface area (Å²) in [6, 6.07) is 5.18. The number of nitrogens with one attached hydrogen (secondary N) is 1. The minimum absolute atomic E-state index is 0.363. The number of hydrogen-bond acceptors (Lipinski definition) is 3. The van der Waals surface area contributed by atoms with E-state index in [0.717, 1.165) is 18.5 Å². The zero-order valence-electron chi connectivity index (χ0n) is 12.2. The summed E-state index contributed by atoms with van der Waals surface area (Å²) in [5, 5.41) is 6.06. The fraction of sp³-hybridized carbons (Fsp3) is 0.750. The largest absolute Gasteiger partial charge is 0.308 e. The molecule has 1 N–H and O–H groups in total. The monoisotopic (exact) mass is 278 g/mol. The summed E-state index contributed by atoms with van der Waals surface area (Å²) >= 11 is 1.90. The van der Waals surface area contributed by atoms with Crippen molar-refractivity contribution in [2.45, 2.75) is 57.7 Å². The van der Waals surface area contributed by atoms with Gasteiger partial charge in [0, 0.05) is 36.1 Å². The average molecular weight is 278 g/mol. The van der Waals surface area contributed by atoms with Crippen LogP contribution in [0.25, 0.3) is 0 Å². The third kappa shape index (κ3) is 3.04. The first kappa shape index (κ1) is 13.6. The number of thiophene rings is 1. The van der Waals surface area contributed by atoms with Crippen LogP contribution in [0.3, 0.4) is 0 Å². The predicted octanol–water partition coefficient (Wildman–Crippen LogP) is 3.49. The van der Waals surface area contributed by atoms with Gasteiger partial charge < -0.3 is 5.32 Å². The molecule has 2 heterocycles. The van der Waals surface area contributed by atoms with Gasteiger partial charge in [-0.1, -0.05) is 19.4 Å². The van der Waals surface area contributed by atoms with Gasteiger partial charge >= 0.3 is 0 Å². The minimum atomic E-state index is 0.363. The van der Waals surface area contributed by atoms with Crippen molar-refractivity contribution in [2.24, 2.45) is 5.92 Å². The lowest BCUT2D eigenvalue weighted by Gasteiger charge is -2.46. The van der Waals surface area contributed by atoms with Gasteiger partial charge in [0.1, 0.15) is 0 Å². The zero-order chi connectivity index (χ0) is 13.3. The molecule has 3 rings (SSSR count). The van der Waals surface area contributed by atoms with Crippen LogP contribution in [0.1, 0.15) is 44.4 Å². The summed E-state index contributed by atoms with van der Waals surface area (Å²) in [6.45, 7) is 8.28. The van der Waals surface area contributed by atoms with Crippen molar-refractivity contribution in [1.82, 2.24) is 10.2 Å². The average Bonchev–Trinajstić information content (AvgIpc) is 3.14. The maximum absolute atomic E-state index is 3.86. The van der Waals surface area contributed by atoms with Gasteiger partial charge in [0.2, 0.25) is 0 Å². The Morgan fingerprint density at radius 2 is 2.32 bits per heavy atom. The number of nitrogens with zero attached hydrogens (tertiary/aromatic N) is 1. The summed E-state index contributed by atoms with van der Waals surface area (Å²) in [4.78, 5) is 4.26. The lowest BCUT2D eigenvalue weighted by atomic mass is 9.90. The Labute approximate surface area is 121 Å². The summed E-state index contributed by atoms with van der Waals surface area (Å²) < 4.78 is 0. The molecule has 19 heavy (non-hydrogen) atoms. The highest BCUT2D eigenvalue weighted by atomic mass is 32.1. The molecule has 0 aromatic carbocycles. The van der Waals surface area contributed by atoms with E-state index in [9.17, 15) is 0 Å². The van der Waals surface area contributed by atoms with E-state index in [-0.39, 0.29) is 0 Å². The Morgan fingerprint density at radius 3 is 2.95 bits per heavy atom. The van der Waals surface area contributed by atoms with Gasteiger partial charge in [-0.15, -0.1) is 11.3 Å². The van der Waals surface area contributed by atoms with Gasteiger partial charge in [0.05, 0.1) is 0 Å². The SMILES string of the molecule is CCCC1CNC(C)(C2CC2)CN1Cc1cccs1. The number of rotatable bonds is 5. The molecule has 0 amide bonds. The molecule has 0 bridgehead atoms. The molecular weight excluding hydrogens is 252 g/mol. The van der Waals surface area contributed by atoms with E-state index in [1.165, 1.54) is 43.6 Å². The van der Waals surface area contributed by atoms with E-state index < -0.39 is 0 Å². The molecule has 1 aliphatic carbocycles. The zero-order valence-corrected chi connectivity index (χ0v) is 13.0. The fourth-order valence-corrected chi connectivity index (χ4v) is 4.22. The third-order valence-corrected chi connectivity index (χ3v) is 5.69. The van der Waals surface area contributed by atoms with Gasteiger partial charge in [-0.2, -0.15) is 0 Å². The maximum atomic E-state index is 3.86. The van der Waals surface area contributed by atoms with Crippen molar-refractivity contribution in [1.29, 1.82) is 0 Å². The van der Waals surface area contributed by atoms with Crippen LogP contribution in [-0.2, 0) is 6.54 Å². The Hall–Kier alpha value is -0.380. The molecule has 2 nitrogen and oxygen atoms in total. The first-order valence-corrected chi connectivity index (χ1v) is 8.60. The van der Waals surface area contributed by atoms with Crippen molar-refractivity contribution in [2.75, 3.05) is 13.1 Å². The molecule has 106 valence electrons. The van der Waals surface area contributed by atoms with Crippen molar-refractivity contribution < 1.29 is 0 Å². The van der Waals surface area contributed by atoms with E-state index in [4.69, 9.17) is 0 Å². The maximum Gasteiger partial charge on any atom is 0.0332 e. The second kappa shape index (κ2) is 5.55. The first-order valence-electron chi connectivity index (χ1n) is 7.73. The molecule has 2 unspecified atom stereocenters. The van der Waals surface area contributed by atoms with Crippen LogP contribution >= 0.6 is 11.3 Å². The van der Waals surface area contributed by atoms with E-state index >= 15 is 0 Å². The van der Waals surface area contributed by atoms with Crippen LogP contribution in [0.15, 0.2) is 17.5 Å². The van der Waals surface area contributed by atoms with Crippen molar-refractivity contribution in [3.63, 3.8) is 0 Å². The van der Waals surface area contributed by atoms with Gasteiger partial charge in [-0.25, -0.2) is 0 Å². The van der Waals surface area contributed by atoms with E-state index in [0.29, 0.717) is 5.54 Å². The molecule has 1 saturated carbocycles. The molecule has 2 aliphatic rings. The highest BCUT2D eigenvalue weighted by Gasteiger charge is 2.45. The highest BCUT2D eigenvalue weighted by molar-refractivity contribution is 7.09. The van der Waals surface area contributed by atoms with E-state index in [1.807, 2.05) is 11.3 Å². The molecule has 1 aromatic rings. The van der Waals surface area contributed by atoms with E-state index in [1.54, 1.807) is 0 Å². The van der Waals surface area contributed by atoms with Gasteiger partial charge in [-0.05, 0) is 43.6 Å². The molecule has 1 saturated heterocycles. The van der Waals surface area contributed by atoms with Crippen LogP contribution in [0.4, 0.5) is 0 Å². The molecule has 2 fully saturated rings. The van der Waals surface area contributed by atoms with Gasteiger partial charge in [-0.3, -0.25) is 4.90 Å². The van der Waals surface area contributed by atoms with Crippen LogP contribution in [0.2, 0.25) is 0 Å². The minimum Gasteiger partial charge on any atom is -0.308 e. The molecule has 1 aromatic heterocycles. The Morgan fingerprint density at radius 1 is 1.47 bits per heavy atom. The van der Waals surface area contributed by atoms with Crippen LogP contribution < -0.4 is 5.32 Å². The summed E-state index contributed by atoms with van der Waals surface area (Å²) in [7, 11) is 0. The summed E-state index contributed by atoms with van der Waals surface area (Å²) in [5.41, 5.74) is 0.363. The second-order valence-electron chi connectivity index (χ2n) is 6.50. The highest BCUT2D eigenvalue weighted by Crippen LogP contribution is 2.41. The lowest BCUT2D eigenvalue weighted by molar-refractivity contribution is 0.0647. The van der Waals surface area contributed by atoms with Crippen molar-refractivity contribution in [3.8, 4) is 0 Å². The molecular formula is C16H26N2S. The van der Waals surface area contributed by atoms with Gasteiger partial charge in [0.25, 0.3) is 0 Å². The van der Waals surface area contributed by atoms with Crippen LogP contribution in [0.5, 0.6) is 0 Å². The first-order chi connectivity index (χ1) is 9.21. The summed E-state index contributed by atoms with van der Waals surface area (Å²) in [6.07, 6.45) is 5.45. The molecule has 3 heteroatoms. The lowest BCUT2D eigenvalue weighted by Crippen LogP contribution is -2.63. The number of hydrogen-bond donors (Lipinski definition) is 1. The van der Waals surface area contributed by atoms with Gasteiger partial charge in [0.15, 0.2) is 0 Å². The standard InChI is InChI=1S/C16H26N2S/c1-3-5-14-10-17-16(2,13-7-8-13)12-18(14)11-15-6-4-9-19-15/h4,6,9,13-14,17H,3,5,7-8,10-12H2,1-2H3. The summed E-state index contributed by atoms with van der Waals surface area (Å²) in [5.74, 6) is 0.918. The van der Waals surface area contributed by atoms with E-state index in [2.05, 4.69) is 41.6 Å². The fourth-order valence-electron chi connectivity index (χ4n) is 3.49. The Kier molecular flexibility index (Phi) is 3.97. The topological polar surface area (TPSA) is 15.3 Å². The second-order valence-corrected chi connectivity index (χ2v) is 7.53. The van der Waals surface area contributed by atoms with Crippen LogP contribution in [-0.4, -0.2) is 29.6 Å². The predicted molar refractivity (Wildman–Crippen MR) is 82.6 cm³/mol. The Bertz CT molecular complexity index is 399. The molecule has 2 atom stereocenters. The smallest absolute Gasteiger partial charge is 0.0332 e.